The molecule has 104 valence electrons. The summed E-state index contributed by atoms with van der Waals surface area (Å²) in [5.41, 5.74) is 3.18. The molecule has 0 aliphatic heterocycles. The summed E-state index contributed by atoms with van der Waals surface area (Å²) in [6.45, 7) is 5.08. The first-order valence-corrected chi connectivity index (χ1v) is 7.25. The summed E-state index contributed by atoms with van der Waals surface area (Å²) in [5, 5.41) is 2.82. The summed E-state index contributed by atoms with van der Waals surface area (Å²) in [6.07, 6.45) is 0. The molecule has 4 nitrogen and oxygen atoms in total. The zero-order valence-corrected chi connectivity index (χ0v) is 13.7. The van der Waals surface area contributed by atoms with E-state index in [2.05, 4.69) is 32.9 Å². The van der Waals surface area contributed by atoms with Gasteiger partial charge in [-0.1, -0.05) is 0 Å². The highest BCUT2D eigenvalue weighted by atomic mass is 127. The predicted octanol–water partition coefficient (Wildman–Crippen LogP) is 3.69. The second-order valence-corrected chi connectivity index (χ2v) is 5.89. The average molecular weight is 382 g/mol. The SMILES string of the molecule is CC(=O)c1c(C)[nH]c(C(=O)Nc2ccc(I)cc2)c1C. The van der Waals surface area contributed by atoms with Crippen LogP contribution in [0, 0.1) is 17.4 Å². The molecule has 0 unspecified atom stereocenters. The minimum Gasteiger partial charge on any atom is -0.354 e. The number of hydrogen-bond donors (Lipinski definition) is 2. The van der Waals surface area contributed by atoms with E-state index in [1.54, 1.807) is 13.8 Å². The molecule has 0 radical (unpaired) electrons. The fraction of sp³-hybridized carbons (Fsp3) is 0.200. The van der Waals surface area contributed by atoms with Crippen molar-refractivity contribution in [3.63, 3.8) is 0 Å². The third kappa shape index (κ3) is 2.92. The van der Waals surface area contributed by atoms with Crippen LogP contribution in [-0.2, 0) is 0 Å². The van der Waals surface area contributed by atoms with Crippen LogP contribution in [0.15, 0.2) is 24.3 Å². The largest absolute Gasteiger partial charge is 0.354 e. The van der Waals surface area contributed by atoms with Gasteiger partial charge in [-0.2, -0.15) is 0 Å². The van der Waals surface area contributed by atoms with Crippen molar-refractivity contribution < 1.29 is 9.59 Å². The van der Waals surface area contributed by atoms with Crippen molar-refractivity contribution in [1.82, 2.24) is 4.98 Å². The number of nitrogens with one attached hydrogen (secondary N) is 2. The fourth-order valence-corrected chi connectivity index (χ4v) is 2.59. The lowest BCUT2D eigenvalue weighted by Crippen LogP contribution is -2.13. The first-order chi connectivity index (χ1) is 9.40. The molecule has 0 bridgehead atoms. The summed E-state index contributed by atoms with van der Waals surface area (Å²) in [6, 6.07) is 7.53. The number of hydrogen-bond acceptors (Lipinski definition) is 2. The third-order valence-electron chi connectivity index (χ3n) is 3.12. The van der Waals surface area contributed by atoms with Gasteiger partial charge in [0, 0.05) is 20.5 Å². The maximum atomic E-state index is 12.3. The van der Waals surface area contributed by atoms with Gasteiger partial charge in [0.05, 0.1) is 0 Å². The second-order valence-electron chi connectivity index (χ2n) is 4.64. The molecular formula is C15H15IN2O2. The molecule has 0 atom stereocenters. The molecule has 1 heterocycles. The first kappa shape index (κ1) is 14.8. The highest BCUT2D eigenvalue weighted by Crippen LogP contribution is 2.20. The smallest absolute Gasteiger partial charge is 0.272 e. The lowest BCUT2D eigenvalue weighted by molar-refractivity contribution is 0.101. The third-order valence-corrected chi connectivity index (χ3v) is 3.84. The Kier molecular flexibility index (Phi) is 4.27. The van der Waals surface area contributed by atoms with E-state index >= 15 is 0 Å². The van der Waals surface area contributed by atoms with Crippen molar-refractivity contribution in [2.24, 2.45) is 0 Å². The lowest BCUT2D eigenvalue weighted by atomic mass is 10.1. The van der Waals surface area contributed by atoms with E-state index in [-0.39, 0.29) is 11.7 Å². The zero-order chi connectivity index (χ0) is 14.9. The van der Waals surface area contributed by atoms with E-state index < -0.39 is 0 Å². The van der Waals surface area contributed by atoms with Crippen molar-refractivity contribution in [3.8, 4) is 0 Å². The number of H-pyrrole nitrogens is 1. The van der Waals surface area contributed by atoms with Crippen LogP contribution in [0.25, 0.3) is 0 Å². The number of aromatic nitrogens is 1. The Balaban J connectivity index is 2.28. The Bertz CT molecular complexity index is 672. The van der Waals surface area contributed by atoms with Gasteiger partial charge >= 0.3 is 0 Å². The van der Waals surface area contributed by atoms with E-state index in [9.17, 15) is 9.59 Å². The Morgan fingerprint density at radius 1 is 1.15 bits per heavy atom. The minimum atomic E-state index is -0.237. The number of amides is 1. The van der Waals surface area contributed by atoms with Crippen LogP contribution in [0.1, 0.15) is 39.0 Å². The monoisotopic (exact) mass is 382 g/mol. The van der Waals surface area contributed by atoms with Crippen LogP contribution in [0.2, 0.25) is 0 Å². The number of aromatic amines is 1. The van der Waals surface area contributed by atoms with Gasteiger partial charge in [-0.3, -0.25) is 9.59 Å². The van der Waals surface area contributed by atoms with E-state index in [4.69, 9.17) is 0 Å². The number of benzene rings is 1. The van der Waals surface area contributed by atoms with Crippen LogP contribution < -0.4 is 5.32 Å². The number of carbonyl (C=O) groups is 2. The normalized spacial score (nSPS) is 10.4. The highest BCUT2D eigenvalue weighted by Gasteiger charge is 2.19. The zero-order valence-electron chi connectivity index (χ0n) is 11.5. The highest BCUT2D eigenvalue weighted by molar-refractivity contribution is 14.1. The van der Waals surface area contributed by atoms with Crippen molar-refractivity contribution in [2.75, 3.05) is 5.32 Å². The molecule has 1 aromatic carbocycles. The minimum absolute atomic E-state index is 0.0374. The molecule has 0 fully saturated rings. The predicted molar refractivity (Wildman–Crippen MR) is 87.4 cm³/mol. The number of Topliss-reactive ketones (excluding diaryl/α,β-unsaturated/α-hetero) is 1. The number of ketones is 1. The van der Waals surface area contributed by atoms with Gasteiger partial charge < -0.3 is 10.3 Å². The molecule has 1 aromatic heterocycles. The summed E-state index contributed by atoms with van der Waals surface area (Å²) >= 11 is 2.21. The van der Waals surface area contributed by atoms with Gasteiger partial charge in [0.25, 0.3) is 5.91 Å². The standard InChI is InChI=1S/C15H15IN2O2/c1-8-13(10(3)19)9(2)17-14(8)15(20)18-12-6-4-11(16)5-7-12/h4-7,17H,1-3H3,(H,18,20). The van der Waals surface area contributed by atoms with Gasteiger partial charge in [0.15, 0.2) is 5.78 Å². The summed E-state index contributed by atoms with van der Waals surface area (Å²) in [5.74, 6) is -0.274. The van der Waals surface area contributed by atoms with Gasteiger partial charge in [-0.15, -0.1) is 0 Å². The molecule has 0 spiro atoms. The summed E-state index contributed by atoms with van der Waals surface area (Å²) in [4.78, 5) is 26.8. The number of rotatable bonds is 3. The van der Waals surface area contributed by atoms with Crippen molar-refractivity contribution >= 4 is 40.0 Å². The molecule has 0 saturated heterocycles. The van der Waals surface area contributed by atoms with Gasteiger partial charge in [0.1, 0.15) is 5.69 Å². The maximum absolute atomic E-state index is 12.3. The van der Waals surface area contributed by atoms with Crippen LogP contribution in [0.3, 0.4) is 0 Å². The van der Waals surface area contributed by atoms with E-state index in [0.717, 1.165) is 15.0 Å². The number of halogens is 1. The molecule has 0 aliphatic carbocycles. The van der Waals surface area contributed by atoms with Crippen LogP contribution in [0.4, 0.5) is 5.69 Å². The van der Waals surface area contributed by atoms with Crippen LogP contribution in [-0.4, -0.2) is 16.7 Å². The quantitative estimate of drug-likeness (QED) is 0.628. The molecule has 2 rings (SSSR count). The van der Waals surface area contributed by atoms with Crippen molar-refractivity contribution in [2.45, 2.75) is 20.8 Å². The molecule has 0 saturated carbocycles. The molecule has 1 amide bonds. The molecule has 0 aliphatic rings. The van der Waals surface area contributed by atoms with E-state index in [0.29, 0.717) is 16.8 Å². The fourth-order valence-electron chi connectivity index (χ4n) is 2.23. The number of carbonyl (C=O) groups excluding carboxylic acids is 2. The van der Waals surface area contributed by atoms with Gasteiger partial charge in [-0.05, 0) is 73.2 Å². The molecular weight excluding hydrogens is 367 g/mol. The van der Waals surface area contributed by atoms with Gasteiger partial charge in [-0.25, -0.2) is 0 Å². The average Bonchev–Trinajstić information content (AvgIpc) is 2.67. The Morgan fingerprint density at radius 2 is 1.75 bits per heavy atom. The van der Waals surface area contributed by atoms with Crippen LogP contribution >= 0.6 is 22.6 Å². The topological polar surface area (TPSA) is 62.0 Å². The molecule has 5 heteroatoms. The summed E-state index contributed by atoms with van der Waals surface area (Å²) < 4.78 is 1.10. The summed E-state index contributed by atoms with van der Waals surface area (Å²) in [7, 11) is 0. The van der Waals surface area contributed by atoms with Crippen molar-refractivity contribution in [3.05, 3.63) is 50.4 Å². The first-order valence-electron chi connectivity index (χ1n) is 6.17. The molecule has 2 N–H and O–H groups in total. The molecule has 2 aromatic rings. The second kappa shape index (κ2) is 5.78. The van der Waals surface area contributed by atoms with E-state index in [1.807, 2.05) is 24.3 Å². The van der Waals surface area contributed by atoms with E-state index in [1.165, 1.54) is 6.92 Å². The maximum Gasteiger partial charge on any atom is 0.272 e. The van der Waals surface area contributed by atoms with Crippen LogP contribution in [0.5, 0.6) is 0 Å². The van der Waals surface area contributed by atoms with Gasteiger partial charge in [0.2, 0.25) is 0 Å². The number of anilines is 1. The van der Waals surface area contributed by atoms with Crippen molar-refractivity contribution in [1.29, 1.82) is 0 Å². The Labute approximate surface area is 131 Å². The Morgan fingerprint density at radius 3 is 2.25 bits per heavy atom. The Hall–Kier alpha value is -1.63. The lowest BCUT2D eigenvalue weighted by Gasteiger charge is -2.05. The molecule has 20 heavy (non-hydrogen) atoms. The number of aryl methyl sites for hydroxylation is 1.